The van der Waals surface area contributed by atoms with Crippen molar-refractivity contribution in [3.8, 4) is 22.7 Å². The van der Waals surface area contributed by atoms with Crippen LogP contribution in [-0.4, -0.2) is 37.2 Å². The molecule has 0 saturated carbocycles. The molecule has 3 heterocycles. The van der Waals surface area contributed by atoms with Crippen LogP contribution in [0.25, 0.3) is 22.7 Å². The van der Waals surface area contributed by atoms with E-state index in [0.717, 1.165) is 16.8 Å². The van der Waals surface area contributed by atoms with Crippen molar-refractivity contribution < 1.29 is 4.52 Å². The maximum Gasteiger partial charge on any atom is 0.227 e. The molecule has 0 atom stereocenters. The summed E-state index contributed by atoms with van der Waals surface area (Å²) < 4.78 is 7.35. The van der Waals surface area contributed by atoms with E-state index in [4.69, 9.17) is 16.1 Å². The Morgan fingerprint density at radius 1 is 1.11 bits per heavy atom. The summed E-state index contributed by atoms with van der Waals surface area (Å²) in [5, 5.41) is 21.0. The van der Waals surface area contributed by atoms with Gasteiger partial charge in [-0.2, -0.15) is 10.2 Å². The normalized spacial score (nSPS) is 10.9. The minimum Gasteiger partial charge on any atom is -0.356 e. The minimum absolute atomic E-state index is 0.518. The van der Waals surface area contributed by atoms with Crippen LogP contribution in [0.1, 0.15) is 5.69 Å². The Balaban J connectivity index is 1.53. The lowest BCUT2D eigenvalue weighted by atomic mass is 10.1. The van der Waals surface area contributed by atoms with Crippen molar-refractivity contribution in [1.29, 1.82) is 0 Å². The molecule has 0 aliphatic carbocycles. The molecular weight excluding hydrogens is 366 g/mol. The molecule has 0 N–H and O–H groups in total. The molecule has 0 fully saturated rings. The molecular formula is C18H16ClN7O. The molecule has 0 unspecified atom stereocenters. The molecule has 0 aliphatic rings. The average Bonchev–Trinajstić information content (AvgIpc) is 3.29. The van der Waals surface area contributed by atoms with Crippen molar-refractivity contribution in [2.45, 2.75) is 6.54 Å². The Hall–Kier alpha value is -3.26. The van der Waals surface area contributed by atoms with Gasteiger partial charge in [-0.1, -0.05) is 28.9 Å². The first-order valence-electron chi connectivity index (χ1n) is 8.21. The Morgan fingerprint density at radius 3 is 2.78 bits per heavy atom. The quantitative estimate of drug-likeness (QED) is 0.524. The van der Waals surface area contributed by atoms with Crippen LogP contribution in [0.2, 0.25) is 5.02 Å². The average molecular weight is 382 g/mol. The van der Waals surface area contributed by atoms with Crippen molar-refractivity contribution in [1.82, 2.24) is 30.1 Å². The van der Waals surface area contributed by atoms with Crippen molar-refractivity contribution in [2.75, 3.05) is 11.9 Å². The third-order valence-electron chi connectivity index (χ3n) is 4.10. The molecule has 9 heteroatoms. The SMILES string of the molecule is CN(Cc1cc(-c2cccc(Cl)c2)on1)c1nnc(-c2ccnnc2)n1C. The van der Waals surface area contributed by atoms with Gasteiger partial charge in [0.15, 0.2) is 11.6 Å². The summed E-state index contributed by atoms with van der Waals surface area (Å²) in [6.45, 7) is 0.518. The van der Waals surface area contributed by atoms with Crippen LogP contribution in [-0.2, 0) is 13.6 Å². The third kappa shape index (κ3) is 3.52. The zero-order chi connectivity index (χ0) is 18.8. The molecule has 4 aromatic rings. The highest BCUT2D eigenvalue weighted by molar-refractivity contribution is 6.30. The smallest absolute Gasteiger partial charge is 0.227 e. The topological polar surface area (TPSA) is 85.8 Å². The number of anilines is 1. The second kappa shape index (κ2) is 7.16. The second-order valence-electron chi connectivity index (χ2n) is 6.06. The lowest BCUT2D eigenvalue weighted by molar-refractivity contribution is 0.423. The molecule has 0 bridgehead atoms. The van der Waals surface area contributed by atoms with E-state index >= 15 is 0 Å². The maximum absolute atomic E-state index is 6.04. The fourth-order valence-electron chi connectivity index (χ4n) is 2.81. The van der Waals surface area contributed by atoms with Crippen LogP contribution in [0, 0.1) is 0 Å². The highest BCUT2D eigenvalue weighted by atomic mass is 35.5. The number of hydrogen-bond acceptors (Lipinski definition) is 7. The van der Waals surface area contributed by atoms with Gasteiger partial charge in [0.05, 0.1) is 18.9 Å². The number of benzene rings is 1. The molecule has 27 heavy (non-hydrogen) atoms. The zero-order valence-corrected chi connectivity index (χ0v) is 15.5. The molecule has 1 aromatic carbocycles. The van der Waals surface area contributed by atoms with E-state index in [-0.39, 0.29) is 0 Å². The Bertz CT molecular complexity index is 1060. The van der Waals surface area contributed by atoms with Gasteiger partial charge in [-0.15, -0.1) is 10.2 Å². The fraction of sp³-hybridized carbons (Fsp3) is 0.167. The van der Waals surface area contributed by atoms with E-state index in [2.05, 4.69) is 25.6 Å². The van der Waals surface area contributed by atoms with Gasteiger partial charge in [0, 0.05) is 36.3 Å². The number of hydrogen-bond donors (Lipinski definition) is 0. The first kappa shape index (κ1) is 17.2. The molecule has 0 radical (unpaired) electrons. The first-order valence-corrected chi connectivity index (χ1v) is 8.59. The lowest BCUT2D eigenvalue weighted by Crippen LogP contribution is -2.20. The van der Waals surface area contributed by atoms with Gasteiger partial charge in [0.1, 0.15) is 5.69 Å². The van der Waals surface area contributed by atoms with Crippen molar-refractivity contribution in [3.05, 3.63) is 59.5 Å². The highest BCUT2D eigenvalue weighted by Gasteiger charge is 2.16. The van der Waals surface area contributed by atoms with Gasteiger partial charge in [-0.05, 0) is 18.2 Å². The van der Waals surface area contributed by atoms with E-state index in [1.165, 1.54) is 0 Å². The maximum atomic E-state index is 6.04. The number of nitrogens with zero attached hydrogens (tertiary/aromatic N) is 7. The third-order valence-corrected chi connectivity index (χ3v) is 4.34. The first-order chi connectivity index (χ1) is 13.1. The number of rotatable bonds is 5. The standard InChI is InChI=1S/C18H16ClN7O/c1-25(18-23-22-17(26(18)2)13-6-7-20-21-10-13)11-15-9-16(27-24-15)12-4-3-5-14(19)8-12/h3-10H,11H2,1-2H3. The van der Waals surface area contributed by atoms with Gasteiger partial charge in [0.2, 0.25) is 5.95 Å². The van der Waals surface area contributed by atoms with E-state index < -0.39 is 0 Å². The van der Waals surface area contributed by atoms with Crippen LogP contribution in [0.4, 0.5) is 5.95 Å². The van der Waals surface area contributed by atoms with E-state index in [1.54, 1.807) is 12.4 Å². The van der Waals surface area contributed by atoms with Crippen LogP contribution in [0.15, 0.2) is 53.3 Å². The van der Waals surface area contributed by atoms with Crippen LogP contribution < -0.4 is 4.90 Å². The summed E-state index contributed by atoms with van der Waals surface area (Å²) in [5.74, 6) is 2.09. The highest BCUT2D eigenvalue weighted by Crippen LogP contribution is 2.25. The van der Waals surface area contributed by atoms with Crippen molar-refractivity contribution in [2.24, 2.45) is 7.05 Å². The van der Waals surface area contributed by atoms with Gasteiger partial charge >= 0.3 is 0 Å². The molecule has 8 nitrogen and oxygen atoms in total. The second-order valence-corrected chi connectivity index (χ2v) is 6.50. The predicted octanol–water partition coefficient (Wildman–Crippen LogP) is 3.22. The summed E-state index contributed by atoms with van der Waals surface area (Å²) >= 11 is 6.04. The van der Waals surface area contributed by atoms with Gasteiger partial charge in [0.25, 0.3) is 0 Å². The lowest BCUT2D eigenvalue weighted by Gasteiger charge is -2.16. The van der Waals surface area contributed by atoms with Gasteiger partial charge in [-0.3, -0.25) is 4.57 Å². The molecule has 0 spiro atoms. The van der Waals surface area contributed by atoms with Gasteiger partial charge < -0.3 is 9.42 Å². The van der Waals surface area contributed by atoms with E-state index in [9.17, 15) is 0 Å². The predicted molar refractivity (Wildman–Crippen MR) is 101 cm³/mol. The molecule has 3 aromatic heterocycles. The number of aromatic nitrogens is 6. The van der Waals surface area contributed by atoms with Gasteiger partial charge in [-0.25, -0.2) is 0 Å². The monoisotopic (exact) mass is 381 g/mol. The van der Waals surface area contributed by atoms with Crippen molar-refractivity contribution in [3.63, 3.8) is 0 Å². The van der Waals surface area contributed by atoms with Crippen LogP contribution >= 0.6 is 11.6 Å². The zero-order valence-electron chi connectivity index (χ0n) is 14.7. The Kier molecular flexibility index (Phi) is 4.55. The minimum atomic E-state index is 0.518. The molecule has 0 aliphatic heterocycles. The summed E-state index contributed by atoms with van der Waals surface area (Å²) in [5.41, 5.74) is 2.52. The van der Waals surface area contributed by atoms with Crippen molar-refractivity contribution >= 4 is 17.5 Å². The molecule has 0 amide bonds. The molecule has 4 rings (SSSR count). The summed E-state index contributed by atoms with van der Waals surface area (Å²) in [7, 11) is 3.83. The van der Waals surface area contributed by atoms with Crippen LogP contribution in [0.3, 0.4) is 0 Å². The van der Waals surface area contributed by atoms with Crippen LogP contribution in [0.5, 0.6) is 0 Å². The summed E-state index contributed by atoms with van der Waals surface area (Å²) in [6, 6.07) is 11.2. The largest absolute Gasteiger partial charge is 0.356 e. The Labute approximate surface area is 160 Å². The summed E-state index contributed by atoms with van der Waals surface area (Å²) in [6.07, 6.45) is 3.28. The molecule has 136 valence electrons. The van der Waals surface area contributed by atoms with E-state index in [1.807, 2.05) is 60.0 Å². The fourth-order valence-corrected chi connectivity index (χ4v) is 3.00. The van der Waals surface area contributed by atoms with E-state index in [0.29, 0.717) is 29.1 Å². The molecule has 0 saturated heterocycles. The summed E-state index contributed by atoms with van der Waals surface area (Å²) in [4.78, 5) is 1.95. The Morgan fingerprint density at radius 2 is 2.00 bits per heavy atom. The number of halogens is 1.